The summed E-state index contributed by atoms with van der Waals surface area (Å²) in [6.07, 6.45) is 2.55. The number of amides is 2. The molecule has 2 amide bonds. The first kappa shape index (κ1) is 21.2. The number of anilines is 1. The van der Waals surface area contributed by atoms with Gasteiger partial charge in [0, 0.05) is 30.3 Å². The zero-order valence-corrected chi connectivity index (χ0v) is 18.0. The Morgan fingerprint density at radius 1 is 1.10 bits per heavy atom. The average molecular weight is 438 g/mol. The largest absolute Gasteiger partial charge is 0.468 e. The van der Waals surface area contributed by atoms with Crippen LogP contribution in [-0.2, 0) is 22.6 Å². The van der Waals surface area contributed by atoms with E-state index in [4.69, 9.17) is 16.0 Å². The van der Waals surface area contributed by atoms with Crippen molar-refractivity contribution in [3.8, 4) is 0 Å². The van der Waals surface area contributed by atoms with E-state index < -0.39 is 11.8 Å². The molecule has 0 unspecified atom stereocenters. The Balaban J connectivity index is 1.43. The molecule has 160 valence electrons. The van der Waals surface area contributed by atoms with Gasteiger partial charge in [-0.3, -0.25) is 14.5 Å². The zero-order valence-electron chi connectivity index (χ0n) is 17.2. The number of nitrogens with one attached hydrogen (secondary N) is 2. The van der Waals surface area contributed by atoms with Crippen LogP contribution in [0.5, 0.6) is 0 Å². The van der Waals surface area contributed by atoms with Crippen LogP contribution in [0.4, 0.5) is 5.69 Å². The van der Waals surface area contributed by atoms with Crippen LogP contribution < -0.4 is 10.6 Å². The standard InChI is InChI=1S/C24H24ClN3O3/c1-16-8-9-19(25)13-20(16)27-24(30)23(29)26-14-21(22-7-4-12-31-22)28-11-10-17-5-2-3-6-18(17)15-28/h2-9,12-13,21H,10-11,14-15H2,1H3,(H,26,29)(H,27,30)/t21-/m1/s1. The van der Waals surface area contributed by atoms with Crippen molar-refractivity contribution in [2.24, 2.45) is 0 Å². The van der Waals surface area contributed by atoms with E-state index in [9.17, 15) is 9.59 Å². The molecule has 0 aliphatic carbocycles. The van der Waals surface area contributed by atoms with Crippen molar-refractivity contribution < 1.29 is 14.0 Å². The first-order chi connectivity index (χ1) is 15.0. The Labute approximate surface area is 186 Å². The fourth-order valence-corrected chi connectivity index (χ4v) is 4.02. The van der Waals surface area contributed by atoms with Crippen LogP contribution in [0.15, 0.2) is 65.3 Å². The predicted molar refractivity (Wildman–Crippen MR) is 120 cm³/mol. The summed E-state index contributed by atoms with van der Waals surface area (Å²) in [6.45, 7) is 3.69. The molecule has 1 aromatic heterocycles. The molecule has 6 nitrogen and oxygen atoms in total. The number of fused-ring (bicyclic) bond motifs is 1. The molecule has 0 spiro atoms. The molecule has 1 aliphatic heterocycles. The summed E-state index contributed by atoms with van der Waals surface area (Å²) in [5.41, 5.74) is 3.96. The highest BCUT2D eigenvalue weighted by molar-refractivity contribution is 6.40. The van der Waals surface area contributed by atoms with Gasteiger partial charge in [-0.05, 0) is 54.3 Å². The normalized spacial score (nSPS) is 14.5. The van der Waals surface area contributed by atoms with Crippen molar-refractivity contribution in [1.29, 1.82) is 0 Å². The van der Waals surface area contributed by atoms with Gasteiger partial charge in [0.25, 0.3) is 0 Å². The zero-order chi connectivity index (χ0) is 21.8. The van der Waals surface area contributed by atoms with Crippen molar-refractivity contribution in [2.45, 2.75) is 25.9 Å². The molecule has 1 aliphatic rings. The third-order valence-electron chi connectivity index (χ3n) is 5.58. The molecule has 31 heavy (non-hydrogen) atoms. The number of hydrogen-bond acceptors (Lipinski definition) is 4. The maximum absolute atomic E-state index is 12.5. The van der Waals surface area contributed by atoms with Crippen molar-refractivity contribution in [1.82, 2.24) is 10.2 Å². The van der Waals surface area contributed by atoms with Gasteiger partial charge in [0.05, 0.1) is 12.3 Å². The predicted octanol–water partition coefficient (Wildman–Crippen LogP) is 4.10. The maximum atomic E-state index is 12.5. The molecule has 2 heterocycles. The Morgan fingerprint density at radius 2 is 1.90 bits per heavy atom. The second-order valence-electron chi connectivity index (χ2n) is 7.64. The summed E-state index contributed by atoms with van der Waals surface area (Å²) < 4.78 is 5.65. The van der Waals surface area contributed by atoms with E-state index in [2.05, 4.69) is 33.7 Å². The van der Waals surface area contributed by atoms with Crippen LogP contribution in [0.3, 0.4) is 0 Å². The first-order valence-electron chi connectivity index (χ1n) is 10.2. The number of carbonyl (C=O) groups is 2. The van der Waals surface area contributed by atoms with Gasteiger partial charge in [-0.1, -0.05) is 41.9 Å². The van der Waals surface area contributed by atoms with Crippen molar-refractivity contribution in [2.75, 3.05) is 18.4 Å². The summed E-state index contributed by atoms with van der Waals surface area (Å²) in [6, 6.07) is 17.1. The Hall–Kier alpha value is -3.09. The summed E-state index contributed by atoms with van der Waals surface area (Å²) in [5.74, 6) is -0.674. The molecule has 3 aromatic rings. The summed E-state index contributed by atoms with van der Waals surface area (Å²) in [4.78, 5) is 27.2. The Bertz CT molecular complexity index is 1080. The number of aryl methyl sites for hydroxylation is 1. The molecule has 0 radical (unpaired) electrons. The van der Waals surface area contributed by atoms with Gasteiger partial charge in [-0.15, -0.1) is 0 Å². The van der Waals surface area contributed by atoms with E-state index in [1.54, 1.807) is 24.5 Å². The summed E-state index contributed by atoms with van der Waals surface area (Å²) in [5, 5.41) is 5.88. The van der Waals surface area contributed by atoms with Gasteiger partial charge >= 0.3 is 11.8 Å². The fourth-order valence-electron chi connectivity index (χ4n) is 3.85. The Kier molecular flexibility index (Phi) is 6.39. The van der Waals surface area contributed by atoms with Crippen LogP contribution >= 0.6 is 11.6 Å². The minimum atomic E-state index is -0.729. The molecular weight excluding hydrogens is 414 g/mol. The SMILES string of the molecule is Cc1ccc(Cl)cc1NC(=O)C(=O)NC[C@H](c1ccco1)N1CCc2ccccc2C1. The lowest BCUT2D eigenvalue weighted by Gasteiger charge is -2.34. The Morgan fingerprint density at radius 3 is 2.68 bits per heavy atom. The van der Waals surface area contributed by atoms with Crippen LogP contribution in [-0.4, -0.2) is 29.8 Å². The van der Waals surface area contributed by atoms with Crippen molar-refractivity contribution >= 4 is 29.1 Å². The van der Waals surface area contributed by atoms with E-state index in [1.165, 1.54) is 11.1 Å². The van der Waals surface area contributed by atoms with E-state index in [0.717, 1.165) is 30.8 Å². The molecule has 4 rings (SSSR count). The van der Waals surface area contributed by atoms with Gasteiger partial charge in [0.15, 0.2) is 0 Å². The smallest absolute Gasteiger partial charge is 0.313 e. The molecule has 0 bridgehead atoms. The third-order valence-corrected chi connectivity index (χ3v) is 5.82. The van der Waals surface area contributed by atoms with Gasteiger partial charge in [0.2, 0.25) is 0 Å². The van der Waals surface area contributed by atoms with Gasteiger partial charge < -0.3 is 15.1 Å². The lowest BCUT2D eigenvalue weighted by molar-refractivity contribution is -0.136. The third kappa shape index (κ3) is 4.98. The van der Waals surface area contributed by atoms with Gasteiger partial charge in [-0.2, -0.15) is 0 Å². The van der Waals surface area contributed by atoms with Crippen molar-refractivity contribution in [3.63, 3.8) is 0 Å². The quantitative estimate of drug-likeness (QED) is 0.589. The number of halogens is 1. The monoisotopic (exact) mass is 437 g/mol. The molecule has 7 heteroatoms. The highest BCUT2D eigenvalue weighted by atomic mass is 35.5. The number of furan rings is 1. The highest BCUT2D eigenvalue weighted by Crippen LogP contribution is 2.28. The second kappa shape index (κ2) is 9.37. The van der Waals surface area contributed by atoms with Gasteiger partial charge in [-0.25, -0.2) is 0 Å². The number of nitrogens with zero attached hydrogens (tertiary/aromatic N) is 1. The van der Waals surface area contributed by atoms with Crippen LogP contribution in [0.25, 0.3) is 0 Å². The molecule has 2 N–H and O–H groups in total. The maximum Gasteiger partial charge on any atom is 0.313 e. The lowest BCUT2D eigenvalue weighted by Crippen LogP contribution is -2.43. The van der Waals surface area contributed by atoms with E-state index in [1.807, 2.05) is 25.1 Å². The lowest BCUT2D eigenvalue weighted by atomic mass is 9.98. The molecule has 0 saturated carbocycles. The number of benzene rings is 2. The summed E-state index contributed by atoms with van der Waals surface area (Å²) >= 11 is 5.99. The van der Waals surface area contributed by atoms with E-state index >= 15 is 0 Å². The summed E-state index contributed by atoms with van der Waals surface area (Å²) in [7, 11) is 0. The number of carbonyl (C=O) groups excluding carboxylic acids is 2. The molecule has 0 fully saturated rings. The van der Waals surface area contributed by atoms with E-state index in [0.29, 0.717) is 10.7 Å². The second-order valence-corrected chi connectivity index (χ2v) is 8.08. The molecule has 2 aromatic carbocycles. The minimum Gasteiger partial charge on any atom is -0.468 e. The van der Waals surface area contributed by atoms with Crippen LogP contribution in [0.2, 0.25) is 5.02 Å². The topological polar surface area (TPSA) is 74.6 Å². The highest BCUT2D eigenvalue weighted by Gasteiger charge is 2.28. The molecule has 0 saturated heterocycles. The average Bonchev–Trinajstić information content (AvgIpc) is 3.30. The van der Waals surface area contributed by atoms with Gasteiger partial charge in [0.1, 0.15) is 5.76 Å². The molecular formula is C24H24ClN3O3. The minimum absolute atomic E-state index is 0.173. The molecule has 1 atom stereocenters. The van der Waals surface area contributed by atoms with E-state index in [-0.39, 0.29) is 12.6 Å². The van der Waals surface area contributed by atoms with Crippen LogP contribution in [0.1, 0.15) is 28.5 Å². The first-order valence-corrected chi connectivity index (χ1v) is 10.6. The van der Waals surface area contributed by atoms with Crippen LogP contribution in [0, 0.1) is 6.92 Å². The number of hydrogen-bond donors (Lipinski definition) is 2. The number of rotatable bonds is 5. The van der Waals surface area contributed by atoms with Crippen molar-refractivity contribution in [3.05, 3.63) is 88.3 Å². The fraction of sp³-hybridized carbons (Fsp3) is 0.250.